The molecule has 10 heteroatoms. The van der Waals surface area contributed by atoms with Crippen LogP contribution in [0.25, 0.3) is 0 Å². The van der Waals surface area contributed by atoms with Crippen LogP contribution in [0.4, 0.5) is 0 Å². The van der Waals surface area contributed by atoms with Gasteiger partial charge < -0.3 is 14.7 Å². The molecule has 0 atom stereocenters. The first kappa shape index (κ1) is 19.6. The zero-order chi connectivity index (χ0) is 19.3. The second-order valence-electron chi connectivity index (χ2n) is 5.75. The van der Waals surface area contributed by atoms with Crippen LogP contribution in [0, 0.1) is 0 Å². The van der Waals surface area contributed by atoms with E-state index in [0.29, 0.717) is 5.69 Å². The second kappa shape index (κ2) is 8.11. The third-order valence-electron chi connectivity index (χ3n) is 3.58. The Morgan fingerprint density at radius 3 is 2.54 bits per heavy atom. The quantitative estimate of drug-likeness (QED) is 0.740. The van der Waals surface area contributed by atoms with Crippen LogP contribution in [0.3, 0.4) is 0 Å². The smallest absolute Gasteiger partial charge is 0.251 e. The number of nitrogens with one attached hydrogen (secondary N) is 1. The molecular formula is C16H20N4O5S. The van der Waals surface area contributed by atoms with Crippen LogP contribution >= 0.6 is 0 Å². The Morgan fingerprint density at radius 1 is 1.19 bits per heavy atom. The van der Waals surface area contributed by atoms with Crippen LogP contribution in [0.2, 0.25) is 0 Å². The minimum Gasteiger partial charge on any atom is -0.364 e. The van der Waals surface area contributed by atoms with Crippen LogP contribution in [0.5, 0.6) is 0 Å². The fourth-order valence-electron chi connectivity index (χ4n) is 2.03. The molecule has 2 aromatic rings. The molecule has 1 N–H and O–H groups in total. The van der Waals surface area contributed by atoms with Crippen molar-refractivity contribution >= 4 is 21.8 Å². The molecule has 0 unspecified atom stereocenters. The number of amides is 2. The van der Waals surface area contributed by atoms with Crippen molar-refractivity contribution in [3.05, 3.63) is 47.9 Å². The first-order valence-electron chi connectivity index (χ1n) is 7.66. The molecule has 0 fully saturated rings. The van der Waals surface area contributed by atoms with E-state index >= 15 is 0 Å². The Labute approximate surface area is 151 Å². The molecule has 1 heterocycles. The number of hydrogen-bond acceptors (Lipinski definition) is 6. The standard InChI is InChI=1S/C16H20N4O5S/c1-19(2)15(21)10-17-16(22)12-5-4-6-14(9-12)26(23,24)20(3)11-13-7-8-25-18-13/h4-9H,10-11H2,1-3H3,(H,17,22). The van der Waals surface area contributed by atoms with Gasteiger partial charge in [0, 0.05) is 32.8 Å². The molecule has 140 valence electrons. The normalized spacial score (nSPS) is 11.4. The van der Waals surface area contributed by atoms with E-state index in [1.165, 1.54) is 42.5 Å². The van der Waals surface area contributed by atoms with E-state index in [1.54, 1.807) is 20.2 Å². The molecule has 0 aliphatic carbocycles. The van der Waals surface area contributed by atoms with E-state index in [0.717, 1.165) is 4.31 Å². The van der Waals surface area contributed by atoms with Gasteiger partial charge in [-0.3, -0.25) is 9.59 Å². The van der Waals surface area contributed by atoms with E-state index in [9.17, 15) is 18.0 Å². The zero-order valence-corrected chi connectivity index (χ0v) is 15.5. The molecule has 9 nitrogen and oxygen atoms in total. The SMILES string of the molecule is CN(C)C(=O)CNC(=O)c1cccc(S(=O)(=O)N(C)Cc2ccon2)c1. The van der Waals surface area contributed by atoms with Crippen molar-refractivity contribution in [1.82, 2.24) is 19.7 Å². The maximum Gasteiger partial charge on any atom is 0.251 e. The lowest BCUT2D eigenvalue weighted by atomic mass is 10.2. The van der Waals surface area contributed by atoms with Gasteiger partial charge in [0.15, 0.2) is 0 Å². The van der Waals surface area contributed by atoms with Crippen LogP contribution in [0.15, 0.2) is 46.0 Å². The Kier molecular flexibility index (Phi) is 6.11. The molecule has 2 rings (SSSR count). The first-order valence-corrected chi connectivity index (χ1v) is 9.10. The topological polar surface area (TPSA) is 113 Å². The lowest BCUT2D eigenvalue weighted by Crippen LogP contribution is -2.36. The number of carbonyl (C=O) groups is 2. The number of carbonyl (C=O) groups excluding carboxylic acids is 2. The Bertz CT molecular complexity index is 878. The fraction of sp³-hybridized carbons (Fsp3) is 0.312. The van der Waals surface area contributed by atoms with Crippen molar-refractivity contribution in [2.75, 3.05) is 27.7 Å². The minimum atomic E-state index is -3.82. The van der Waals surface area contributed by atoms with Crippen molar-refractivity contribution < 1.29 is 22.5 Å². The van der Waals surface area contributed by atoms with E-state index in [2.05, 4.69) is 10.5 Å². The minimum absolute atomic E-state index is 0.0323. The largest absolute Gasteiger partial charge is 0.364 e. The van der Waals surface area contributed by atoms with Gasteiger partial charge in [0.25, 0.3) is 5.91 Å². The van der Waals surface area contributed by atoms with Gasteiger partial charge >= 0.3 is 0 Å². The molecule has 0 radical (unpaired) electrons. The monoisotopic (exact) mass is 380 g/mol. The number of sulfonamides is 1. The van der Waals surface area contributed by atoms with Gasteiger partial charge in [0.1, 0.15) is 6.26 Å². The Balaban J connectivity index is 2.14. The first-order chi connectivity index (χ1) is 12.2. The highest BCUT2D eigenvalue weighted by Crippen LogP contribution is 2.17. The molecule has 26 heavy (non-hydrogen) atoms. The van der Waals surface area contributed by atoms with E-state index in [4.69, 9.17) is 4.52 Å². The lowest BCUT2D eigenvalue weighted by Gasteiger charge is -2.16. The Hall–Kier alpha value is -2.72. The third-order valence-corrected chi connectivity index (χ3v) is 5.38. The molecular weight excluding hydrogens is 360 g/mol. The number of rotatable bonds is 7. The number of nitrogens with zero attached hydrogens (tertiary/aromatic N) is 3. The summed E-state index contributed by atoms with van der Waals surface area (Å²) in [4.78, 5) is 25.0. The summed E-state index contributed by atoms with van der Waals surface area (Å²) in [5.41, 5.74) is 0.611. The predicted octanol–water partition coefficient (Wildman–Crippen LogP) is 0.313. The number of benzene rings is 1. The molecule has 1 aromatic carbocycles. The lowest BCUT2D eigenvalue weighted by molar-refractivity contribution is -0.127. The Morgan fingerprint density at radius 2 is 1.92 bits per heavy atom. The van der Waals surface area contributed by atoms with E-state index in [-0.39, 0.29) is 29.5 Å². The molecule has 0 spiro atoms. The van der Waals surface area contributed by atoms with E-state index in [1.807, 2.05) is 0 Å². The molecule has 0 aliphatic rings. The number of likely N-dealkylation sites (N-methyl/N-ethyl adjacent to an activating group) is 1. The van der Waals surface area contributed by atoms with Crippen molar-refractivity contribution in [3.8, 4) is 0 Å². The summed E-state index contributed by atoms with van der Waals surface area (Å²) in [6.07, 6.45) is 1.36. The van der Waals surface area contributed by atoms with Crippen molar-refractivity contribution in [2.45, 2.75) is 11.4 Å². The summed E-state index contributed by atoms with van der Waals surface area (Å²) < 4.78 is 31.1. The number of aromatic nitrogens is 1. The third kappa shape index (κ3) is 4.67. The van der Waals surface area contributed by atoms with Crippen LogP contribution in [0.1, 0.15) is 16.1 Å². The molecule has 0 bridgehead atoms. The summed E-state index contributed by atoms with van der Waals surface area (Å²) in [7, 11) is 0.742. The van der Waals surface area contributed by atoms with Crippen LogP contribution in [-0.2, 0) is 21.4 Å². The average molecular weight is 380 g/mol. The van der Waals surface area contributed by atoms with Gasteiger partial charge in [0.05, 0.1) is 23.7 Å². The van der Waals surface area contributed by atoms with E-state index < -0.39 is 15.9 Å². The number of hydrogen-bond donors (Lipinski definition) is 1. The van der Waals surface area contributed by atoms with Crippen LogP contribution < -0.4 is 5.32 Å². The summed E-state index contributed by atoms with van der Waals surface area (Å²) in [5.74, 6) is -0.800. The molecule has 1 aromatic heterocycles. The van der Waals surface area contributed by atoms with Crippen molar-refractivity contribution in [2.24, 2.45) is 0 Å². The van der Waals surface area contributed by atoms with Gasteiger partial charge in [-0.05, 0) is 18.2 Å². The zero-order valence-electron chi connectivity index (χ0n) is 14.7. The van der Waals surface area contributed by atoms with Crippen LogP contribution in [-0.4, -0.2) is 62.3 Å². The predicted molar refractivity (Wildman–Crippen MR) is 92.6 cm³/mol. The summed E-state index contributed by atoms with van der Waals surface area (Å²) in [6.45, 7) is -0.137. The summed E-state index contributed by atoms with van der Waals surface area (Å²) >= 11 is 0. The van der Waals surface area contributed by atoms with Gasteiger partial charge in [-0.1, -0.05) is 11.2 Å². The fourth-order valence-corrected chi connectivity index (χ4v) is 3.21. The maximum absolute atomic E-state index is 12.7. The second-order valence-corrected chi connectivity index (χ2v) is 7.80. The van der Waals surface area contributed by atoms with Gasteiger partial charge in [-0.2, -0.15) is 4.31 Å². The summed E-state index contributed by atoms with van der Waals surface area (Å²) in [5, 5.41) is 6.15. The maximum atomic E-state index is 12.7. The van der Waals surface area contributed by atoms with Gasteiger partial charge in [-0.15, -0.1) is 0 Å². The molecule has 0 saturated heterocycles. The molecule has 0 aliphatic heterocycles. The van der Waals surface area contributed by atoms with Crippen molar-refractivity contribution in [3.63, 3.8) is 0 Å². The highest BCUT2D eigenvalue weighted by Gasteiger charge is 2.23. The average Bonchev–Trinajstić information content (AvgIpc) is 3.12. The molecule has 0 saturated carbocycles. The van der Waals surface area contributed by atoms with Crippen molar-refractivity contribution in [1.29, 1.82) is 0 Å². The highest BCUT2D eigenvalue weighted by atomic mass is 32.2. The highest BCUT2D eigenvalue weighted by molar-refractivity contribution is 7.89. The van der Waals surface area contributed by atoms with Gasteiger partial charge in [0.2, 0.25) is 15.9 Å². The summed E-state index contributed by atoms with van der Waals surface area (Å²) in [6, 6.07) is 7.18. The van der Waals surface area contributed by atoms with Gasteiger partial charge in [-0.25, -0.2) is 8.42 Å². The molecule has 2 amide bonds.